The van der Waals surface area contributed by atoms with Crippen LogP contribution in [0.1, 0.15) is 31.1 Å². The molecule has 0 unspecified atom stereocenters. The molecule has 2 atom stereocenters. The van der Waals surface area contributed by atoms with E-state index in [1.165, 1.54) is 6.07 Å². The number of nitro groups is 1. The number of ether oxygens (including phenoxy) is 2. The molecule has 7 heteroatoms. The Morgan fingerprint density at radius 3 is 2.59 bits per heavy atom. The van der Waals surface area contributed by atoms with Crippen LogP contribution in [0.25, 0.3) is 0 Å². The fraction of sp³-hybridized carbons (Fsp3) is 0.533. The van der Waals surface area contributed by atoms with Crippen LogP contribution in [0, 0.1) is 10.1 Å². The predicted octanol–water partition coefficient (Wildman–Crippen LogP) is 2.39. The van der Waals surface area contributed by atoms with Gasteiger partial charge in [0.25, 0.3) is 5.69 Å². The Kier molecular flexibility index (Phi) is 4.97. The van der Waals surface area contributed by atoms with Gasteiger partial charge in [0, 0.05) is 19.2 Å². The van der Waals surface area contributed by atoms with E-state index in [1.807, 2.05) is 18.7 Å². The topological polar surface area (TPSA) is 81.9 Å². The molecule has 1 aliphatic rings. The van der Waals surface area contributed by atoms with E-state index in [0.717, 1.165) is 0 Å². The van der Waals surface area contributed by atoms with E-state index in [1.54, 1.807) is 19.1 Å². The summed E-state index contributed by atoms with van der Waals surface area (Å²) in [5, 5.41) is 11.4. The molecule has 0 aliphatic carbocycles. The van der Waals surface area contributed by atoms with Gasteiger partial charge in [-0.3, -0.25) is 10.1 Å². The predicted molar refractivity (Wildman–Crippen MR) is 81.3 cm³/mol. The van der Waals surface area contributed by atoms with E-state index in [2.05, 4.69) is 0 Å². The number of hydrogen-bond donors (Lipinski definition) is 0. The number of benzene rings is 1. The summed E-state index contributed by atoms with van der Waals surface area (Å²) in [6.45, 7) is 6.93. The molecule has 0 spiro atoms. The highest BCUT2D eigenvalue weighted by Crippen LogP contribution is 2.31. The number of morpholine rings is 1. The Bertz CT molecular complexity index is 565. The Morgan fingerprint density at radius 1 is 1.41 bits per heavy atom. The first kappa shape index (κ1) is 16.2. The van der Waals surface area contributed by atoms with Crippen molar-refractivity contribution in [2.24, 2.45) is 0 Å². The lowest BCUT2D eigenvalue weighted by Crippen LogP contribution is -2.45. The molecule has 1 saturated heterocycles. The monoisotopic (exact) mass is 308 g/mol. The fourth-order valence-corrected chi connectivity index (χ4v) is 2.65. The van der Waals surface area contributed by atoms with Crippen LogP contribution in [0.2, 0.25) is 0 Å². The first-order valence-electron chi connectivity index (χ1n) is 7.28. The molecule has 120 valence electrons. The molecule has 7 nitrogen and oxygen atoms in total. The van der Waals surface area contributed by atoms with Crippen LogP contribution in [0.15, 0.2) is 18.2 Å². The van der Waals surface area contributed by atoms with Crippen LogP contribution >= 0.6 is 0 Å². The second kappa shape index (κ2) is 6.74. The molecule has 22 heavy (non-hydrogen) atoms. The van der Waals surface area contributed by atoms with Crippen molar-refractivity contribution < 1.29 is 19.2 Å². The van der Waals surface area contributed by atoms with Gasteiger partial charge in [-0.1, -0.05) is 0 Å². The number of nitrogens with zero attached hydrogens (tertiary/aromatic N) is 2. The number of carbonyl (C=O) groups is 1. The van der Waals surface area contributed by atoms with Gasteiger partial charge in [-0.15, -0.1) is 0 Å². The van der Waals surface area contributed by atoms with Gasteiger partial charge in [0.05, 0.1) is 29.3 Å². The summed E-state index contributed by atoms with van der Waals surface area (Å²) in [7, 11) is 0. The number of hydrogen-bond acceptors (Lipinski definition) is 6. The second-order valence-electron chi connectivity index (χ2n) is 5.34. The molecule has 1 heterocycles. The summed E-state index contributed by atoms with van der Waals surface area (Å²) >= 11 is 0. The summed E-state index contributed by atoms with van der Waals surface area (Å²) in [6, 6.07) is 4.44. The lowest BCUT2D eigenvalue weighted by molar-refractivity contribution is -0.384. The summed E-state index contributed by atoms with van der Waals surface area (Å²) < 4.78 is 10.5. The number of carbonyl (C=O) groups excluding carboxylic acids is 1. The van der Waals surface area contributed by atoms with Gasteiger partial charge in [0.15, 0.2) is 0 Å². The van der Waals surface area contributed by atoms with Crippen molar-refractivity contribution in [3.63, 3.8) is 0 Å². The van der Waals surface area contributed by atoms with Gasteiger partial charge in [0.2, 0.25) is 0 Å². The van der Waals surface area contributed by atoms with Gasteiger partial charge in [-0.25, -0.2) is 4.79 Å². The van der Waals surface area contributed by atoms with Crippen LogP contribution < -0.4 is 4.90 Å². The zero-order valence-electron chi connectivity index (χ0n) is 12.9. The molecule has 0 aromatic heterocycles. The smallest absolute Gasteiger partial charge is 0.338 e. The molecular weight excluding hydrogens is 288 g/mol. The maximum Gasteiger partial charge on any atom is 0.338 e. The first-order chi connectivity index (χ1) is 10.4. The lowest BCUT2D eigenvalue weighted by Gasteiger charge is -2.36. The van der Waals surface area contributed by atoms with E-state index in [4.69, 9.17) is 9.47 Å². The molecule has 0 bridgehead atoms. The molecule has 0 N–H and O–H groups in total. The van der Waals surface area contributed by atoms with Gasteiger partial charge in [0.1, 0.15) is 5.69 Å². The molecule has 0 amide bonds. The van der Waals surface area contributed by atoms with Crippen LogP contribution in [0.4, 0.5) is 11.4 Å². The van der Waals surface area contributed by atoms with Crippen molar-refractivity contribution in [2.75, 3.05) is 24.6 Å². The summed E-state index contributed by atoms with van der Waals surface area (Å²) in [5.74, 6) is -0.555. The highest BCUT2D eigenvalue weighted by Gasteiger charge is 2.28. The van der Waals surface area contributed by atoms with Crippen LogP contribution in [0.3, 0.4) is 0 Å². The first-order valence-corrected chi connectivity index (χ1v) is 7.28. The Morgan fingerprint density at radius 2 is 2.05 bits per heavy atom. The van der Waals surface area contributed by atoms with Crippen LogP contribution in [-0.4, -0.2) is 42.8 Å². The SMILES string of the molecule is CCOC(=O)c1ccc(N2C[C@@H](C)O[C@@H](C)C2)c([N+](=O)[O-])c1. The second-order valence-corrected chi connectivity index (χ2v) is 5.34. The lowest BCUT2D eigenvalue weighted by atomic mass is 10.1. The van der Waals surface area contributed by atoms with Gasteiger partial charge in [-0.2, -0.15) is 0 Å². The molecule has 1 aromatic carbocycles. The minimum Gasteiger partial charge on any atom is -0.462 e. The van der Waals surface area contributed by atoms with Crippen molar-refractivity contribution in [1.29, 1.82) is 0 Å². The minimum absolute atomic E-state index is 0.00640. The average molecular weight is 308 g/mol. The largest absolute Gasteiger partial charge is 0.462 e. The zero-order valence-corrected chi connectivity index (χ0v) is 12.9. The van der Waals surface area contributed by atoms with Crippen molar-refractivity contribution >= 4 is 17.3 Å². The molecule has 1 fully saturated rings. The third-order valence-corrected chi connectivity index (χ3v) is 3.44. The van der Waals surface area contributed by atoms with E-state index >= 15 is 0 Å². The highest BCUT2D eigenvalue weighted by atomic mass is 16.6. The van der Waals surface area contributed by atoms with Gasteiger partial charge < -0.3 is 14.4 Å². The molecule has 0 saturated carbocycles. The van der Waals surface area contributed by atoms with Crippen molar-refractivity contribution in [2.45, 2.75) is 33.0 Å². The average Bonchev–Trinajstić information content (AvgIpc) is 2.45. The molecule has 0 radical (unpaired) electrons. The van der Waals surface area contributed by atoms with Gasteiger partial charge >= 0.3 is 5.97 Å². The normalized spacial score (nSPS) is 21.5. The zero-order chi connectivity index (χ0) is 16.3. The number of nitro benzene ring substituents is 1. The fourth-order valence-electron chi connectivity index (χ4n) is 2.65. The summed E-state index contributed by atoms with van der Waals surface area (Å²) in [5.41, 5.74) is 0.596. The van der Waals surface area contributed by atoms with Gasteiger partial charge in [-0.05, 0) is 32.9 Å². The van der Waals surface area contributed by atoms with E-state index in [9.17, 15) is 14.9 Å². The Labute approximate surface area is 129 Å². The van der Waals surface area contributed by atoms with Crippen molar-refractivity contribution in [3.8, 4) is 0 Å². The standard InChI is InChI=1S/C15H20N2O5/c1-4-21-15(18)12-5-6-13(14(7-12)17(19)20)16-8-10(2)22-11(3)9-16/h5-7,10-11H,4,8-9H2,1-3H3/t10-,11+. The van der Waals surface area contributed by atoms with Crippen molar-refractivity contribution in [1.82, 2.24) is 0 Å². The van der Waals surface area contributed by atoms with Crippen molar-refractivity contribution in [3.05, 3.63) is 33.9 Å². The quantitative estimate of drug-likeness (QED) is 0.482. The third kappa shape index (κ3) is 3.54. The van der Waals surface area contributed by atoms with E-state index < -0.39 is 10.9 Å². The molecular formula is C15H20N2O5. The molecule has 1 aliphatic heterocycles. The van der Waals surface area contributed by atoms with Crippen LogP contribution in [0.5, 0.6) is 0 Å². The van der Waals surface area contributed by atoms with E-state index in [0.29, 0.717) is 18.8 Å². The molecule has 1 aromatic rings. The minimum atomic E-state index is -0.555. The van der Waals surface area contributed by atoms with Crippen LogP contribution in [-0.2, 0) is 9.47 Å². The maximum absolute atomic E-state index is 11.7. The summed E-state index contributed by atoms with van der Waals surface area (Å²) in [6.07, 6.45) is -0.0128. The van der Waals surface area contributed by atoms with E-state index in [-0.39, 0.29) is 30.1 Å². The Balaban J connectivity index is 2.35. The summed E-state index contributed by atoms with van der Waals surface area (Å²) in [4.78, 5) is 24.5. The maximum atomic E-state index is 11.7. The number of esters is 1. The number of anilines is 1. The third-order valence-electron chi connectivity index (χ3n) is 3.44. The molecule has 2 rings (SSSR count). The highest BCUT2D eigenvalue weighted by molar-refractivity contribution is 5.91. The number of rotatable bonds is 4. The Hall–Kier alpha value is -2.15.